The van der Waals surface area contributed by atoms with Crippen molar-refractivity contribution in [2.24, 2.45) is 0 Å². The van der Waals surface area contributed by atoms with Crippen molar-refractivity contribution >= 4 is 17.7 Å². The Labute approximate surface area is 221 Å². The highest BCUT2D eigenvalue weighted by Gasteiger charge is 2.39. The molecule has 8 heteroatoms. The van der Waals surface area contributed by atoms with Crippen LogP contribution in [-0.2, 0) is 22.7 Å². The number of amides is 3. The number of nitrogens with zero attached hydrogens (tertiary/aromatic N) is 3. The van der Waals surface area contributed by atoms with Crippen LogP contribution in [0.1, 0.15) is 58.6 Å². The molecule has 0 saturated carbocycles. The normalized spacial score (nSPS) is 20.4. The minimum Gasteiger partial charge on any atom is -0.439 e. The number of hydrogen-bond donors (Lipinski definition) is 1. The zero-order valence-electron chi connectivity index (χ0n) is 21.1. The van der Waals surface area contributed by atoms with Crippen LogP contribution in [-0.4, -0.2) is 51.6 Å². The zero-order chi connectivity index (χ0) is 26.1. The van der Waals surface area contributed by atoms with E-state index in [2.05, 4.69) is 33.4 Å². The van der Waals surface area contributed by atoms with Crippen LogP contribution >= 0.6 is 0 Å². The fraction of sp³-hybridized carbons (Fsp3) is 0.333. The number of carbonyl (C=O) groups is 3. The highest BCUT2D eigenvalue weighted by atomic mass is 16.5. The molecule has 1 aromatic heterocycles. The van der Waals surface area contributed by atoms with Crippen LogP contribution < -0.4 is 10.1 Å². The number of ether oxygens (including phenoxy) is 1. The van der Waals surface area contributed by atoms with Crippen LogP contribution in [0.25, 0.3) is 0 Å². The first-order valence-electron chi connectivity index (χ1n) is 13.2. The summed E-state index contributed by atoms with van der Waals surface area (Å²) in [7, 11) is 0. The number of rotatable bonds is 6. The Bertz CT molecular complexity index is 1350. The fourth-order valence-electron chi connectivity index (χ4n) is 5.71. The van der Waals surface area contributed by atoms with Gasteiger partial charge in [-0.25, -0.2) is 4.98 Å². The molecule has 2 saturated heterocycles. The molecular formula is C30H30N4O4. The van der Waals surface area contributed by atoms with E-state index in [9.17, 15) is 14.4 Å². The topological polar surface area (TPSA) is 91.8 Å². The van der Waals surface area contributed by atoms with Crippen LogP contribution in [0.2, 0.25) is 0 Å². The number of piperidine rings is 2. The van der Waals surface area contributed by atoms with E-state index >= 15 is 0 Å². The second kappa shape index (κ2) is 10.4. The molecule has 1 N–H and O–H groups in total. The van der Waals surface area contributed by atoms with Crippen molar-refractivity contribution < 1.29 is 19.1 Å². The van der Waals surface area contributed by atoms with E-state index in [0.29, 0.717) is 30.3 Å². The highest BCUT2D eigenvalue weighted by Crippen LogP contribution is 2.34. The minimum absolute atomic E-state index is 0.121. The van der Waals surface area contributed by atoms with E-state index in [4.69, 9.17) is 4.74 Å². The van der Waals surface area contributed by atoms with Gasteiger partial charge < -0.3 is 9.64 Å². The SMILES string of the molecule is O=C1CCC(N2Cc3cc(C4CCN(Cc5ccc(Oc6ccccc6)nc5)CC4)ccc3C2=O)C(=O)N1. The Morgan fingerprint density at radius 1 is 0.947 bits per heavy atom. The van der Waals surface area contributed by atoms with Crippen molar-refractivity contribution in [2.75, 3.05) is 13.1 Å². The number of hydrogen-bond acceptors (Lipinski definition) is 6. The largest absolute Gasteiger partial charge is 0.439 e. The maximum atomic E-state index is 13.0. The van der Waals surface area contributed by atoms with E-state index in [1.165, 1.54) is 5.56 Å². The van der Waals surface area contributed by atoms with E-state index < -0.39 is 6.04 Å². The van der Waals surface area contributed by atoms with Gasteiger partial charge in [0.05, 0.1) is 0 Å². The summed E-state index contributed by atoms with van der Waals surface area (Å²) in [5.74, 6) is 1.04. The smallest absolute Gasteiger partial charge is 0.255 e. The van der Waals surface area contributed by atoms with Crippen molar-refractivity contribution in [2.45, 2.75) is 50.7 Å². The molecular weight excluding hydrogens is 480 g/mol. The third-order valence-electron chi connectivity index (χ3n) is 7.78. The van der Waals surface area contributed by atoms with Gasteiger partial charge in [0.15, 0.2) is 0 Å². The molecule has 1 unspecified atom stereocenters. The number of fused-ring (bicyclic) bond motifs is 1. The van der Waals surface area contributed by atoms with Crippen molar-refractivity contribution in [1.82, 2.24) is 20.1 Å². The van der Waals surface area contributed by atoms with E-state index in [-0.39, 0.29) is 24.1 Å². The Morgan fingerprint density at radius 3 is 2.50 bits per heavy atom. The number of aromatic nitrogens is 1. The lowest BCUT2D eigenvalue weighted by molar-refractivity contribution is -0.136. The van der Waals surface area contributed by atoms with Crippen LogP contribution in [0.4, 0.5) is 0 Å². The van der Waals surface area contributed by atoms with Gasteiger partial charge in [0.2, 0.25) is 17.7 Å². The maximum Gasteiger partial charge on any atom is 0.255 e. The average Bonchev–Trinajstić information content (AvgIpc) is 3.26. The highest BCUT2D eigenvalue weighted by molar-refractivity contribution is 6.05. The number of para-hydroxylation sites is 1. The molecule has 0 bridgehead atoms. The average molecular weight is 511 g/mol. The number of imide groups is 1. The van der Waals surface area contributed by atoms with Crippen LogP contribution in [0.5, 0.6) is 11.6 Å². The Balaban J connectivity index is 1.03. The Hall–Kier alpha value is -4.04. The summed E-state index contributed by atoms with van der Waals surface area (Å²) in [6.07, 6.45) is 4.63. The lowest BCUT2D eigenvalue weighted by atomic mass is 9.88. The van der Waals surface area contributed by atoms with Gasteiger partial charge in [-0.05, 0) is 73.2 Å². The predicted molar refractivity (Wildman–Crippen MR) is 140 cm³/mol. The third-order valence-corrected chi connectivity index (χ3v) is 7.78. The first kappa shape index (κ1) is 24.3. The van der Waals surface area contributed by atoms with Crippen molar-refractivity contribution in [3.8, 4) is 11.6 Å². The summed E-state index contributed by atoms with van der Waals surface area (Å²) in [5, 5.41) is 2.36. The summed E-state index contributed by atoms with van der Waals surface area (Å²) >= 11 is 0. The van der Waals surface area contributed by atoms with Gasteiger partial charge >= 0.3 is 0 Å². The molecule has 3 aliphatic heterocycles. The molecule has 38 heavy (non-hydrogen) atoms. The number of likely N-dealkylation sites (tertiary alicyclic amines) is 1. The van der Waals surface area contributed by atoms with Crippen LogP contribution in [0.3, 0.4) is 0 Å². The molecule has 0 spiro atoms. The molecule has 0 aliphatic carbocycles. The fourth-order valence-corrected chi connectivity index (χ4v) is 5.71. The lowest BCUT2D eigenvalue weighted by Gasteiger charge is -2.32. The minimum atomic E-state index is -0.576. The monoisotopic (exact) mass is 510 g/mol. The molecule has 3 amide bonds. The molecule has 1 atom stereocenters. The predicted octanol–water partition coefficient (Wildman–Crippen LogP) is 4.01. The summed E-state index contributed by atoms with van der Waals surface area (Å²) < 4.78 is 5.79. The molecule has 3 aromatic rings. The molecule has 194 valence electrons. The van der Waals surface area contributed by atoms with Gasteiger partial charge in [0.1, 0.15) is 11.8 Å². The molecule has 2 fully saturated rings. The van der Waals surface area contributed by atoms with Crippen LogP contribution in [0.15, 0.2) is 66.9 Å². The van der Waals surface area contributed by atoms with Gasteiger partial charge in [-0.3, -0.25) is 24.6 Å². The van der Waals surface area contributed by atoms with E-state index in [1.807, 2.05) is 48.7 Å². The Morgan fingerprint density at radius 2 is 1.76 bits per heavy atom. The molecule has 3 aliphatic rings. The van der Waals surface area contributed by atoms with Gasteiger partial charge in [-0.2, -0.15) is 0 Å². The number of carbonyl (C=O) groups excluding carboxylic acids is 3. The van der Waals surface area contributed by atoms with E-state index in [0.717, 1.165) is 49.4 Å². The lowest BCUT2D eigenvalue weighted by Crippen LogP contribution is -2.52. The van der Waals surface area contributed by atoms with Crippen molar-refractivity contribution in [1.29, 1.82) is 0 Å². The first-order chi connectivity index (χ1) is 18.5. The van der Waals surface area contributed by atoms with Gasteiger partial charge in [0, 0.05) is 37.3 Å². The maximum absolute atomic E-state index is 13.0. The summed E-state index contributed by atoms with van der Waals surface area (Å²) in [6.45, 7) is 3.26. The third kappa shape index (κ3) is 5.04. The number of nitrogens with one attached hydrogen (secondary N) is 1. The van der Waals surface area contributed by atoms with Crippen molar-refractivity contribution in [3.63, 3.8) is 0 Å². The molecule has 2 aromatic carbocycles. The number of pyridine rings is 1. The van der Waals surface area contributed by atoms with Gasteiger partial charge in [0.25, 0.3) is 5.91 Å². The quantitative estimate of drug-likeness (QED) is 0.504. The second-order valence-electron chi connectivity index (χ2n) is 10.3. The van der Waals surface area contributed by atoms with Gasteiger partial charge in [-0.15, -0.1) is 0 Å². The standard InChI is InChI=1S/C30H30N4O4/c35-27-10-9-26(29(36)32-27)34-19-23-16-22(7-8-25(23)30(34)37)21-12-14-33(15-13-21)18-20-6-11-28(31-17-20)38-24-4-2-1-3-5-24/h1-8,11,16-17,21,26H,9-10,12-15,18-19H2,(H,32,35,36). The van der Waals surface area contributed by atoms with Crippen molar-refractivity contribution in [3.05, 3.63) is 89.1 Å². The molecule has 4 heterocycles. The first-order valence-corrected chi connectivity index (χ1v) is 13.2. The number of benzene rings is 2. The van der Waals surface area contributed by atoms with E-state index in [1.54, 1.807) is 4.90 Å². The summed E-state index contributed by atoms with van der Waals surface area (Å²) in [6, 6.07) is 19.2. The Kier molecular flexibility index (Phi) is 6.64. The zero-order valence-corrected chi connectivity index (χ0v) is 21.1. The molecule has 8 nitrogen and oxygen atoms in total. The van der Waals surface area contributed by atoms with Crippen LogP contribution in [0, 0.1) is 0 Å². The molecule has 6 rings (SSSR count). The van der Waals surface area contributed by atoms with Gasteiger partial charge in [-0.1, -0.05) is 36.4 Å². The summed E-state index contributed by atoms with van der Waals surface area (Å²) in [4.78, 5) is 45.3. The molecule has 0 radical (unpaired) electrons. The summed E-state index contributed by atoms with van der Waals surface area (Å²) in [5.41, 5.74) is 4.06. The second-order valence-corrected chi connectivity index (χ2v) is 10.3.